The maximum atomic E-state index is 11.6. The molecule has 102 valence electrons. The number of nitro benzene ring substituents is 1. The Morgan fingerprint density at radius 2 is 2.05 bits per heavy atom. The lowest BCUT2D eigenvalue weighted by molar-refractivity contribution is -0.384. The Labute approximate surface area is 112 Å². The predicted octanol–water partition coefficient (Wildman–Crippen LogP) is 2.54. The van der Waals surface area contributed by atoms with Crippen LogP contribution in [0.15, 0.2) is 24.3 Å². The van der Waals surface area contributed by atoms with E-state index in [1.807, 2.05) is 0 Å². The van der Waals surface area contributed by atoms with Gasteiger partial charge >= 0.3 is 0 Å². The van der Waals surface area contributed by atoms with E-state index in [1.165, 1.54) is 12.1 Å². The zero-order valence-electron chi connectivity index (χ0n) is 11.0. The van der Waals surface area contributed by atoms with Gasteiger partial charge in [0.2, 0.25) is 0 Å². The van der Waals surface area contributed by atoms with E-state index in [0.717, 1.165) is 31.4 Å². The molecular formula is C14H18N2O3. The van der Waals surface area contributed by atoms with Gasteiger partial charge in [0, 0.05) is 18.7 Å². The fraction of sp³-hybridized carbons (Fsp3) is 0.500. The zero-order valence-corrected chi connectivity index (χ0v) is 11.0. The van der Waals surface area contributed by atoms with Crippen LogP contribution in [0, 0.1) is 10.1 Å². The van der Waals surface area contributed by atoms with Crippen molar-refractivity contribution >= 4 is 11.5 Å². The molecule has 2 rings (SSSR count). The minimum Gasteiger partial charge on any atom is -0.298 e. The minimum absolute atomic E-state index is 0.00365. The van der Waals surface area contributed by atoms with Gasteiger partial charge in [-0.2, -0.15) is 0 Å². The summed E-state index contributed by atoms with van der Waals surface area (Å²) in [6.07, 6.45) is 3.13. The molecule has 1 fully saturated rings. The van der Waals surface area contributed by atoms with Gasteiger partial charge in [-0.15, -0.1) is 0 Å². The Bertz CT molecular complexity index is 470. The minimum atomic E-state index is -0.400. The van der Waals surface area contributed by atoms with Crippen molar-refractivity contribution in [2.75, 3.05) is 6.54 Å². The van der Waals surface area contributed by atoms with Crippen molar-refractivity contribution in [2.45, 2.75) is 38.8 Å². The number of benzene rings is 1. The normalized spacial score (nSPS) is 20.2. The Balaban J connectivity index is 2.06. The molecule has 0 radical (unpaired) electrons. The highest BCUT2D eigenvalue weighted by Gasteiger charge is 2.25. The number of carbonyl (C=O) groups excluding carboxylic acids is 1. The number of ketones is 1. The summed E-state index contributed by atoms with van der Waals surface area (Å²) in [4.78, 5) is 24.0. The number of likely N-dealkylation sites (tertiary alicyclic amines) is 1. The van der Waals surface area contributed by atoms with Crippen LogP contribution in [-0.2, 0) is 11.3 Å². The molecule has 1 heterocycles. The molecule has 5 nitrogen and oxygen atoms in total. The monoisotopic (exact) mass is 262 g/mol. The number of non-ortho nitro benzene ring substituents is 1. The van der Waals surface area contributed by atoms with Gasteiger partial charge in [-0.25, -0.2) is 0 Å². The van der Waals surface area contributed by atoms with Crippen LogP contribution in [-0.4, -0.2) is 28.2 Å². The molecule has 1 atom stereocenters. The Morgan fingerprint density at radius 1 is 1.37 bits per heavy atom. The fourth-order valence-corrected chi connectivity index (χ4v) is 2.60. The van der Waals surface area contributed by atoms with Crippen molar-refractivity contribution < 1.29 is 9.72 Å². The molecule has 0 bridgehead atoms. The van der Waals surface area contributed by atoms with E-state index < -0.39 is 4.92 Å². The number of hydrogen-bond donors (Lipinski definition) is 0. The highest BCUT2D eigenvalue weighted by atomic mass is 16.6. The summed E-state index contributed by atoms with van der Waals surface area (Å²) in [5.74, 6) is 0.210. The van der Waals surface area contributed by atoms with Crippen LogP contribution < -0.4 is 0 Å². The molecule has 1 aliphatic heterocycles. The number of carbonyl (C=O) groups is 1. The highest BCUT2D eigenvalue weighted by molar-refractivity contribution is 5.81. The van der Waals surface area contributed by atoms with Gasteiger partial charge in [-0.05, 0) is 31.9 Å². The number of hydrogen-bond acceptors (Lipinski definition) is 4. The molecule has 0 aliphatic carbocycles. The molecule has 19 heavy (non-hydrogen) atoms. The zero-order chi connectivity index (χ0) is 13.8. The molecule has 0 N–H and O–H groups in total. The van der Waals surface area contributed by atoms with Gasteiger partial charge in [0.1, 0.15) is 5.78 Å². The third kappa shape index (κ3) is 3.38. The molecule has 1 aliphatic rings. The van der Waals surface area contributed by atoms with E-state index in [2.05, 4.69) is 4.90 Å². The van der Waals surface area contributed by atoms with Crippen LogP contribution in [0.2, 0.25) is 0 Å². The van der Waals surface area contributed by atoms with Gasteiger partial charge in [0.25, 0.3) is 5.69 Å². The van der Waals surface area contributed by atoms with Crippen molar-refractivity contribution in [3.8, 4) is 0 Å². The van der Waals surface area contributed by atoms with Gasteiger partial charge in [-0.1, -0.05) is 18.6 Å². The first kappa shape index (κ1) is 13.7. The van der Waals surface area contributed by atoms with Gasteiger partial charge in [0.15, 0.2) is 0 Å². The first-order valence-electron chi connectivity index (χ1n) is 6.56. The molecule has 0 spiro atoms. The van der Waals surface area contributed by atoms with Crippen molar-refractivity contribution in [3.05, 3.63) is 39.9 Å². The fourth-order valence-electron chi connectivity index (χ4n) is 2.60. The van der Waals surface area contributed by atoms with Crippen molar-refractivity contribution in [3.63, 3.8) is 0 Å². The second-order valence-corrected chi connectivity index (χ2v) is 5.02. The Morgan fingerprint density at radius 3 is 2.63 bits per heavy atom. The maximum absolute atomic E-state index is 11.6. The summed E-state index contributed by atoms with van der Waals surface area (Å²) >= 11 is 0. The van der Waals surface area contributed by atoms with Crippen molar-refractivity contribution in [1.82, 2.24) is 4.90 Å². The van der Waals surface area contributed by atoms with E-state index >= 15 is 0 Å². The third-order valence-electron chi connectivity index (χ3n) is 3.62. The molecule has 1 saturated heterocycles. The quantitative estimate of drug-likeness (QED) is 0.618. The van der Waals surface area contributed by atoms with Crippen LogP contribution in [0.3, 0.4) is 0 Å². The molecule has 5 heteroatoms. The average molecular weight is 262 g/mol. The second-order valence-electron chi connectivity index (χ2n) is 5.02. The smallest absolute Gasteiger partial charge is 0.269 e. The second kappa shape index (κ2) is 5.93. The summed E-state index contributed by atoms with van der Waals surface area (Å²) in [7, 11) is 0. The topological polar surface area (TPSA) is 63.5 Å². The number of nitro groups is 1. The largest absolute Gasteiger partial charge is 0.298 e. The summed E-state index contributed by atoms with van der Waals surface area (Å²) < 4.78 is 0. The molecular weight excluding hydrogens is 244 g/mol. The average Bonchev–Trinajstić information content (AvgIpc) is 2.39. The number of rotatable bonds is 4. The summed E-state index contributed by atoms with van der Waals surface area (Å²) in [6, 6.07) is 6.57. The third-order valence-corrected chi connectivity index (χ3v) is 3.62. The lowest BCUT2D eigenvalue weighted by Crippen LogP contribution is -2.43. The standard InChI is InChI=1S/C14H18N2O3/c1-11(17)14-4-2-3-9-15(14)10-12-5-7-13(8-6-12)16(18)19/h5-8,14H,2-4,9-10H2,1H3. The number of piperidine rings is 1. The van der Waals surface area contributed by atoms with Gasteiger partial charge in [0.05, 0.1) is 11.0 Å². The van der Waals surface area contributed by atoms with E-state index in [1.54, 1.807) is 19.1 Å². The van der Waals surface area contributed by atoms with Crippen LogP contribution in [0.1, 0.15) is 31.7 Å². The molecule has 0 saturated carbocycles. The first-order valence-corrected chi connectivity index (χ1v) is 6.56. The van der Waals surface area contributed by atoms with Crippen LogP contribution in [0.5, 0.6) is 0 Å². The SMILES string of the molecule is CC(=O)C1CCCCN1Cc1ccc([N+](=O)[O-])cc1. The highest BCUT2D eigenvalue weighted by Crippen LogP contribution is 2.21. The van der Waals surface area contributed by atoms with Crippen LogP contribution >= 0.6 is 0 Å². The van der Waals surface area contributed by atoms with Crippen LogP contribution in [0.4, 0.5) is 5.69 Å². The van der Waals surface area contributed by atoms with E-state index in [9.17, 15) is 14.9 Å². The van der Waals surface area contributed by atoms with E-state index in [0.29, 0.717) is 6.54 Å². The maximum Gasteiger partial charge on any atom is 0.269 e. The Kier molecular flexibility index (Phi) is 4.27. The predicted molar refractivity (Wildman–Crippen MR) is 71.8 cm³/mol. The molecule has 1 aromatic carbocycles. The summed E-state index contributed by atoms with van der Waals surface area (Å²) in [6.45, 7) is 3.24. The summed E-state index contributed by atoms with van der Waals surface area (Å²) in [5.41, 5.74) is 1.12. The summed E-state index contributed by atoms with van der Waals surface area (Å²) in [5, 5.41) is 10.6. The number of nitrogens with zero attached hydrogens (tertiary/aromatic N) is 2. The van der Waals surface area contributed by atoms with E-state index in [4.69, 9.17) is 0 Å². The van der Waals surface area contributed by atoms with E-state index in [-0.39, 0.29) is 17.5 Å². The molecule has 1 aromatic rings. The molecule has 0 amide bonds. The Hall–Kier alpha value is -1.75. The van der Waals surface area contributed by atoms with Crippen molar-refractivity contribution in [1.29, 1.82) is 0 Å². The lowest BCUT2D eigenvalue weighted by Gasteiger charge is -2.34. The number of Topliss-reactive ketones (excluding diaryl/α,β-unsaturated/α-hetero) is 1. The van der Waals surface area contributed by atoms with Crippen LogP contribution in [0.25, 0.3) is 0 Å². The molecule has 1 unspecified atom stereocenters. The lowest BCUT2D eigenvalue weighted by atomic mass is 9.98. The first-order chi connectivity index (χ1) is 9.08. The van der Waals surface area contributed by atoms with Gasteiger partial charge < -0.3 is 0 Å². The van der Waals surface area contributed by atoms with Crippen molar-refractivity contribution in [2.24, 2.45) is 0 Å². The molecule has 0 aromatic heterocycles. The van der Waals surface area contributed by atoms with Gasteiger partial charge in [-0.3, -0.25) is 19.8 Å².